The van der Waals surface area contributed by atoms with Crippen molar-refractivity contribution < 1.29 is 23.5 Å². The normalized spacial score (nSPS) is 18.0. The predicted octanol–water partition coefficient (Wildman–Crippen LogP) is 5.93. The first-order valence-corrected chi connectivity index (χ1v) is 13.0. The van der Waals surface area contributed by atoms with E-state index in [1.54, 1.807) is 45.9 Å². The highest BCUT2D eigenvalue weighted by molar-refractivity contribution is 6.07. The molecule has 0 saturated heterocycles. The molecule has 0 N–H and O–H groups in total. The van der Waals surface area contributed by atoms with Gasteiger partial charge in [0, 0.05) is 35.8 Å². The molecule has 0 spiro atoms. The lowest BCUT2D eigenvalue weighted by atomic mass is 9.75. The van der Waals surface area contributed by atoms with Crippen LogP contribution in [0.25, 0.3) is 0 Å². The maximum Gasteiger partial charge on any atom is 0.336 e. The van der Waals surface area contributed by atoms with Gasteiger partial charge in [0.15, 0.2) is 0 Å². The fourth-order valence-corrected chi connectivity index (χ4v) is 5.04. The van der Waals surface area contributed by atoms with Crippen LogP contribution in [-0.4, -0.2) is 48.9 Å². The van der Waals surface area contributed by atoms with Crippen molar-refractivity contribution in [2.24, 2.45) is 16.3 Å². The molecule has 0 fully saturated rings. The number of rotatable bonds is 10. The van der Waals surface area contributed by atoms with Crippen molar-refractivity contribution in [2.75, 3.05) is 20.2 Å². The molecule has 3 rings (SSSR count). The average Bonchev–Trinajstić information content (AvgIpc) is 2.82. The second-order valence-corrected chi connectivity index (χ2v) is 11.1. The zero-order chi connectivity index (χ0) is 28.0. The highest BCUT2D eigenvalue weighted by Crippen LogP contribution is 2.41. The van der Waals surface area contributed by atoms with Crippen molar-refractivity contribution in [3.05, 3.63) is 82.8 Å². The Morgan fingerprint density at radius 3 is 2.32 bits per heavy atom. The van der Waals surface area contributed by atoms with Gasteiger partial charge in [-0.25, -0.2) is 9.18 Å². The molecular weight excluding hydrogens is 483 g/mol. The Labute approximate surface area is 225 Å². The summed E-state index contributed by atoms with van der Waals surface area (Å²) in [6.07, 6.45) is -0.368. The monoisotopic (exact) mass is 522 g/mol. The highest BCUT2D eigenvalue weighted by Gasteiger charge is 2.44. The number of allylic oxidation sites excluding steroid dienone is 1. The second-order valence-electron chi connectivity index (χ2n) is 11.1. The Kier molecular flexibility index (Phi) is 9.60. The number of halogens is 1. The summed E-state index contributed by atoms with van der Waals surface area (Å²) < 4.78 is 26.4. The van der Waals surface area contributed by atoms with Gasteiger partial charge in [-0.1, -0.05) is 62.4 Å². The Balaban J connectivity index is 1.84. The van der Waals surface area contributed by atoms with Crippen molar-refractivity contribution in [3.63, 3.8) is 0 Å². The second kappa shape index (κ2) is 12.5. The molecule has 0 bridgehead atoms. The van der Waals surface area contributed by atoms with E-state index in [9.17, 15) is 9.59 Å². The van der Waals surface area contributed by atoms with Crippen LogP contribution in [0.4, 0.5) is 4.39 Å². The number of esters is 2. The molecule has 204 valence electrons. The molecule has 2 aromatic carbocycles. The van der Waals surface area contributed by atoms with Crippen LogP contribution >= 0.6 is 0 Å². The van der Waals surface area contributed by atoms with Gasteiger partial charge < -0.3 is 14.4 Å². The van der Waals surface area contributed by atoms with E-state index in [1.165, 1.54) is 11.6 Å². The zero-order valence-corrected chi connectivity index (χ0v) is 23.5. The summed E-state index contributed by atoms with van der Waals surface area (Å²) >= 11 is 0. The van der Waals surface area contributed by atoms with Crippen molar-refractivity contribution >= 4 is 17.7 Å². The quantitative estimate of drug-likeness (QED) is 0.362. The summed E-state index contributed by atoms with van der Waals surface area (Å²) in [4.78, 5) is 33.4. The van der Waals surface area contributed by atoms with E-state index in [2.05, 4.69) is 22.0 Å². The van der Waals surface area contributed by atoms with Crippen LogP contribution in [0, 0.1) is 17.2 Å². The summed E-state index contributed by atoms with van der Waals surface area (Å²) in [5, 5.41) is 0. The number of aliphatic imine (C=N–C) groups is 1. The molecule has 0 aliphatic carbocycles. The number of carbonyl (C=O) groups excluding carboxylic acids is 2. The minimum absolute atomic E-state index is 0.148. The van der Waals surface area contributed by atoms with Crippen LogP contribution in [0.2, 0.25) is 0 Å². The summed E-state index contributed by atoms with van der Waals surface area (Å²) in [5.74, 6) is -3.50. The minimum atomic E-state index is -0.939. The number of ether oxygens (including phenoxy) is 2. The smallest absolute Gasteiger partial charge is 0.336 e. The van der Waals surface area contributed by atoms with Gasteiger partial charge in [0.25, 0.3) is 0 Å². The third-order valence-corrected chi connectivity index (χ3v) is 6.48. The number of benzene rings is 2. The number of hydrogen-bond donors (Lipinski definition) is 0. The Morgan fingerprint density at radius 2 is 1.68 bits per heavy atom. The predicted molar refractivity (Wildman–Crippen MR) is 147 cm³/mol. The lowest BCUT2D eigenvalue weighted by molar-refractivity contribution is -0.150. The van der Waals surface area contributed by atoms with E-state index in [-0.39, 0.29) is 29.3 Å². The molecule has 0 radical (unpaired) electrons. The van der Waals surface area contributed by atoms with Gasteiger partial charge in [0.05, 0.1) is 18.3 Å². The van der Waals surface area contributed by atoms with Gasteiger partial charge in [-0.3, -0.25) is 9.79 Å². The van der Waals surface area contributed by atoms with Gasteiger partial charge in [-0.05, 0) is 51.9 Å². The Hall–Kier alpha value is -3.32. The molecule has 0 saturated carbocycles. The summed E-state index contributed by atoms with van der Waals surface area (Å²) in [7, 11) is 2.03. The first-order valence-electron chi connectivity index (χ1n) is 13.0. The van der Waals surface area contributed by atoms with Gasteiger partial charge >= 0.3 is 11.9 Å². The molecule has 2 unspecified atom stereocenters. The Morgan fingerprint density at radius 1 is 1.05 bits per heavy atom. The third-order valence-electron chi connectivity index (χ3n) is 6.48. The topological polar surface area (TPSA) is 68.2 Å². The van der Waals surface area contributed by atoms with Crippen molar-refractivity contribution in [3.8, 4) is 0 Å². The minimum Gasteiger partial charge on any atom is -0.462 e. The van der Waals surface area contributed by atoms with Gasteiger partial charge in [0.2, 0.25) is 0 Å². The summed E-state index contributed by atoms with van der Waals surface area (Å²) in [6.45, 7) is 12.6. The van der Waals surface area contributed by atoms with E-state index in [0.29, 0.717) is 18.0 Å². The number of hydrogen-bond acceptors (Lipinski definition) is 6. The van der Waals surface area contributed by atoms with Crippen LogP contribution in [0.1, 0.15) is 58.6 Å². The largest absolute Gasteiger partial charge is 0.462 e. The van der Waals surface area contributed by atoms with E-state index < -0.39 is 29.6 Å². The molecular formula is C31H39FN2O4. The van der Waals surface area contributed by atoms with Crippen LogP contribution in [0.3, 0.4) is 0 Å². The first-order chi connectivity index (χ1) is 17.9. The van der Waals surface area contributed by atoms with E-state index in [1.807, 2.05) is 39.1 Å². The fraction of sp³-hybridized carbons (Fsp3) is 0.452. The average molecular weight is 523 g/mol. The molecule has 6 nitrogen and oxygen atoms in total. The number of nitrogens with zero attached hydrogens (tertiary/aromatic N) is 2. The van der Waals surface area contributed by atoms with Crippen LogP contribution in [0.5, 0.6) is 0 Å². The van der Waals surface area contributed by atoms with Gasteiger partial charge in [-0.2, -0.15) is 0 Å². The Bertz CT molecular complexity index is 1200. The molecule has 0 aromatic heterocycles. The van der Waals surface area contributed by atoms with Crippen molar-refractivity contribution in [2.45, 2.75) is 60.1 Å². The van der Waals surface area contributed by atoms with E-state index in [0.717, 1.165) is 6.54 Å². The van der Waals surface area contributed by atoms with E-state index in [4.69, 9.17) is 9.47 Å². The summed E-state index contributed by atoms with van der Waals surface area (Å²) in [6, 6.07) is 16.3. The lowest BCUT2D eigenvalue weighted by Gasteiger charge is -2.33. The molecule has 1 aliphatic heterocycles. The zero-order valence-electron chi connectivity index (χ0n) is 23.5. The number of carbonyl (C=O) groups is 2. The molecule has 1 aliphatic rings. The molecule has 2 aromatic rings. The van der Waals surface area contributed by atoms with Crippen LogP contribution in [0.15, 0.2) is 70.9 Å². The standard InChI is InChI=1S/C31H39FN2O4/c1-20(2)38-30(36)27-22(4)33-21(3)26(28(27)24-15-11-12-16-25(24)32)29(35)37-19-31(5,6)18-34(7)17-23-13-9-8-10-14-23/h8-16,20,27-28H,17-19H2,1-7H3. The molecule has 7 heteroatoms. The maximum atomic E-state index is 15.1. The molecule has 0 amide bonds. The first kappa shape index (κ1) is 29.2. The van der Waals surface area contributed by atoms with Crippen molar-refractivity contribution in [1.82, 2.24) is 4.90 Å². The van der Waals surface area contributed by atoms with Gasteiger partial charge in [0.1, 0.15) is 11.7 Å². The molecule has 2 atom stereocenters. The van der Waals surface area contributed by atoms with Crippen LogP contribution < -0.4 is 0 Å². The third kappa shape index (κ3) is 7.38. The van der Waals surface area contributed by atoms with Gasteiger partial charge in [-0.15, -0.1) is 0 Å². The molecule has 38 heavy (non-hydrogen) atoms. The van der Waals surface area contributed by atoms with Crippen LogP contribution in [-0.2, 0) is 25.6 Å². The van der Waals surface area contributed by atoms with Crippen molar-refractivity contribution in [1.29, 1.82) is 0 Å². The lowest BCUT2D eigenvalue weighted by Crippen LogP contribution is -2.39. The molecule has 1 heterocycles. The maximum absolute atomic E-state index is 15.1. The SMILES string of the molecule is CC1=NC(C)=C(C(=O)OCC(C)(C)CN(C)Cc2ccccc2)C(c2ccccc2F)C1C(=O)OC(C)C. The fourth-order valence-electron chi connectivity index (χ4n) is 5.04. The van der Waals surface area contributed by atoms with E-state index >= 15 is 4.39 Å². The highest BCUT2D eigenvalue weighted by atomic mass is 19.1. The summed E-state index contributed by atoms with van der Waals surface area (Å²) in [5.41, 5.74) is 2.14.